The largest absolute Gasteiger partial charge is 0.337 e. The van der Waals surface area contributed by atoms with Gasteiger partial charge in [0.1, 0.15) is 11.2 Å². The van der Waals surface area contributed by atoms with Crippen LogP contribution in [0.15, 0.2) is 24.3 Å². The molecule has 1 N–H and O–H groups in total. The Labute approximate surface area is 127 Å². The first-order valence-electron chi connectivity index (χ1n) is 6.83. The maximum Gasteiger partial charge on any atom is 0.168 e. The van der Waals surface area contributed by atoms with E-state index in [0.717, 1.165) is 31.0 Å². The summed E-state index contributed by atoms with van der Waals surface area (Å²) in [6, 6.07) is 8.89. The maximum atomic E-state index is 14.0. The Kier molecular flexibility index (Phi) is 3.76. The van der Waals surface area contributed by atoms with Crippen molar-refractivity contribution in [1.82, 2.24) is 4.98 Å². The summed E-state index contributed by atoms with van der Waals surface area (Å²) < 4.78 is 14.0. The average Bonchev–Trinajstić information content (AvgIpc) is 2.51. The molecule has 0 fully saturated rings. The van der Waals surface area contributed by atoms with Crippen molar-refractivity contribution >= 4 is 23.1 Å². The van der Waals surface area contributed by atoms with E-state index in [4.69, 9.17) is 16.9 Å². The number of fused-ring (bicyclic) bond motifs is 1. The molecule has 1 heterocycles. The van der Waals surface area contributed by atoms with Crippen LogP contribution in [0.3, 0.4) is 0 Å². The first-order valence-corrected chi connectivity index (χ1v) is 7.21. The molecule has 21 heavy (non-hydrogen) atoms. The standard InChI is InChI=1S/C16H13ClFN3/c17-15-11(9-19)8-13(18)16(21-15)20-14-7-3-5-10-4-1-2-6-12(10)14/h3,5,7-8H,1-2,4,6H2,(H,20,21). The highest BCUT2D eigenvalue weighted by Crippen LogP contribution is 2.31. The highest BCUT2D eigenvalue weighted by atomic mass is 35.5. The fourth-order valence-corrected chi connectivity index (χ4v) is 2.84. The van der Waals surface area contributed by atoms with E-state index < -0.39 is 5.82 Å². The van der Waals surface area contributed by atoms with Crippen molar-refractivity contribution in [2.45, 2.75) is 25.7 Å². The van der Waals surface area contributed by atoms with E-state index in [1.54, 1.807) is 0 Å². The number of benzene rings is 1. The number of nitrogens with one attached hydrogen (secondary N) is 1. The van der Waals surface area contributed by atoms with Gasteiger partial charge in [-0.25, -0.2) is 9.37 Å². The second kappa shape index (κ2) is 5.71. The van der Waals surface area contributed by atoms with Crippen molar-refractivity contribution in [2.75, 3.05) is 5.32 Å². The number of nitriles is 1. The molecule has 0 aliphatic heterocycles. The molecule has 0 amide bonds. The van der Waals surface area contributed by atoms with Crippen molar-refractivity contribution in [1.29, 1.82) is 5.26 Å². The second-order valence-electron chi connectivity index (χ2n) is 5.04. The zero-order valence-electron chi connectivity index (χ0n) is 11.3. The van der Waals surface area contributed by atoms with Crippen LogP contribution in [0.4, 0.5) is 15.9 Å². The number of aromatic nitrogens is 1. The van der Waals surface area contributed by atoms with E-state index in [1.807, 2.05) is 18.2 Å². The van der Waals surface area contributed by atoms with Crippen molar-refractivity contribution in [3.05, 3.63) is 51.9 Å². The Hall–Kier alpha value is -2.12. The molecule has 0 radical (unpaired) electrons. The number of halogens is 2. The molecule has 1 aliphatic carbocycles. The van der Waals surface area contributed by atoms with Crippen LogP contribution in [0.5, 0.6) is 0 Å². The summed E-state index contributed by atoms with van der Waals surface area (Å²) in [6.07, 6.45) is 4.35. The zero-order chi connectivity index (χ0) is 14.8. The smallest absolute Gasteiger partial charge is 0.168 e. The molecule has 1 aliphatic rings. The van der Waals surface area contributed by atoms with Crippen LogP contribution in [0.2, 0.25) is 5.15 Å². The summed E-state index contributed by atoms with van der Waals surface area (Å²) >= 11 is 5.87. The Morgan fingerprint density at radius 1 is 1.29 bits per heavy atom. The van der Waals surface area contributed by atoms with Gasteiger partial charge in [0.25, 0.3) is 0 Å². The molecule has 0 saturated heterocycles. The van der Waals surface area contributed by atoms with Crippen molar-refractivity contribution in [3.8, 4) is 6.07 Å². The predicted molar refractivity (Wildman–Crippen MR) is 80.3 cm³/mol. The molecule has 0 saturated carbocycles. The number of pyridine rings is 1. The van der Waals surface area contributed by atoms with Gasteiger partial charge in [-0.2, -0.15) is 5.26 Å². The summed E-state index contributed by atoms with van der Waals surface area (Å²) in [4.78, 5) is 3.94. The Morgan fingerprint density at radius 2 is 2.10 bits per heavy atom. The molecule has 3 nitrogen and oxygen atoms in total. The van der Waals surface area contributed by atoms with Gasteiger partial charge >= 0.3 is 0 Å². The van der Waals surface area contributed by atoms with Crippen LogP contribution < -0.4 is 5.32 Å². The highest BCUT2D eigenvalue weighted by Gasteiger charge is 2.15. The van der Waals surface area contributed by atoms with Crippen LogP contribution in [0.25, 0.3) is 0 Å². The topological polar surface area (TPSA) is 48.7 Å². The highest BCUT2D eigenvalue weighted by molar-refractivity contribution is 6.30. The van der Waals surface area contributed by atoms with Crippen LogP contribution in [-0.2, 0) is 12.8 Å². The lowest BCUT2D eigenvalue weighted by molar-refractivity contribution is 0.625. The lowest BCUT2D eigenvalue weighted by atomic mass is 9.90. The number of rotatable bonds is 2. The zero-order valence-corrected chi connectivity index (χ0v) is 12.0. The van der Waals surface area contributed by atoms with Gasteiger partial charge < -0.3 is 5.32 Å². The number of nitrogens with zero attached hydrogens (tertiary/aromatic N) is 2. The number of hydrogen-bond donors (Lipinski definition) is 1. The summed E-state index contributed by atoms with van der Waals surface area (Å²) in [5.74, 6) is -0.526. The van der Waals surface area contributed by atoms with Gasteiger partial charge in [-0.3, -0.25) is 0 Å². The first-order chi connectivity index (χ1) is 10.2. The van der Waals surface area contributed by atoms with E-state index in [9.17, 15) is 4.39 Å². The fraction of sp³-hybridized carbons (Fsp3) is 0.250. The van der Waals surface area contributed by atoms with Crippen molar-refractivity contribution in [2.24, 2.45) is 0 Å². The minimum absolute atomic E-state index is 0.00574. The van der Waals surface area contributed by atoms with Crippen molar-refractivity contribution in [3.63, 3.8) is 0 Å². The first kappa shape index (κ1) is 13.8. The molecule has 0 atom stereocenters. The Morgan fingerprint density at radius 3 is 2.90 bits per heavy atom. The number of anilines is 2. The van der Waals surface area contributed by atoms with E-state index >= 15 is 0 Å². The summed E-state index contributed by atoms with van der Waals surface area (Å²) in [6.45, 7) is 0. The van der Waals surface area contributed by atoms with Gasteiger partial charge in [-0.1, -0.05) is 23.7 Å². The third kappa shape index (κ3) is 2.70. The minimum Gasteiger partial charge on any atom is -0.337 e. The second-order valence-corrected chi connectivity index (χ2v) is 5.40. The summed E-state index contributed by atoms with van der Waals surface area (Å²) in [5.41, 5.74) is 3.41. The van der Waals surface area contributed by atoms with Crippen LogP contribution in [0, 0.1) is 17.1 Å². The molecule has 5 heteroatoms. The average molecular weight is 302 g/mol. The summed E-state index contributed by atoms with van der Waals surface area (Å²) in [7, 11) is 0. The molecule has 0 bridgehead atoms. The molecule has 3 rings (SSSR count). The van der Waals surface area contributed by atoms with Crippen LogP contribution >= 0.6 is 11.6 Å². The molecular formula is C16H13ClFN3. The normalized spacial score (nSPS) is 13.4. The maximum absolute atomic E-state index is 14.0. The molecule has 1 aromatic carbocycles. The third-order valence-corrected chi connectivity index (χ3v) is 3.99. The molecule has 1 aromatic heterocycles. The lowest BCUT2D eigenvalue weighted by Gasteiger charge is -2.20. The van der Waals surface area contributed by atoms with Crippen LogP contribution in [0.1, 0.15) is 29.5 Å². The fourth-order valence-electron chi connectivity index (χ4n) is 2.66. The van der Waals surface area contributed by atoms with E-state index in [0.29, 0.717) is 0 Å². The number of aryl methyl sites for hydroxylation is 1. The number of hydrogen-bond acceptors (Lipinski definition) is 3. The van der Waals surface area contributed by atoms with Crippen LogP contribution in [-0.4, -0.2) is 4.98 Å². The Bertz CT molecular complexity index is 737. The molecule has 0 spiro atoms. The van der Waals surface area contributed by atoms with Gasteiger partial charge in [-0.05, 0) is 48.9 Å². The van der Waals surface area contributed by atoms with E-state index in [-0.39, 0.29) is 16.5 Å². The molecular weight excluding hydrogens is 289 g/mol. The van der Waals surface area contributed by atoms with Gasteiger partial charge in [0, 0.05) is 5.69 Å². The van der Waals surface area contributed by atoms with Gasteiger partial charge in [0.2, 0.25) is 0 Å². The summed E-state index contributed by atoms with van der Waals surface area (Å²) in [5, 5.41) is 11.8. The van der Waals surface area contributed by atoms with Crippen molar-refractivity contribution < 1.29 is 4.39 Å². The van der Waals surface area contributed by atoms with Gasteiger partial charge in [0.05, 0.1) is 5.56 Å². The SMILES string of the molecule is N#Cc1cc(F)c(Nc2cccc3c2CCCC3)nc1Cl. The monoisotopic (exact) mass is 301 g/mol. The van der Waals surface area contributed by atoms with E-state index in [1.165, 1.54) is 17.5 Å². The predicted octanol–water partition coefficient (Wildman–Crippen LogP) is 4.37. The van der Waals surface area contributed by atoms with E-state index in [2.05, 4.69) is 16.4 Å². The lowest BCUT2D eigenvalue weighted by Crippen LogP contribution is -2.07. The molecule has 106 valence electrons. The Balaban J connectivity index is 1.98. The molecule has 2 aromatic rings. The minimum atomic E-state index is -0.579. The quantitative estimate of drug-likeness (QED) is 0.838. The van der Waals surface area contributed by atoms with Gasteiger partial charge in [0.15, 0.2) is 11.6 Å². The van der Waals surface area contributed by atoms with Gasteiger partial charge in [-0.15, -0.1) is 0 Å². The third-order valence-electron chi connectivity index (χ3n) is 3.70. The molecule has 0 unspecified atom stereocenters.